The van der Waals surface area contributed by atoms with Gasteiger partial charge < -0.3 is 9.64 Å². The number of hydrogen-bond acceptors (Lipinski definition) is 3. The molecule has 1 unspecified atom stereocenters. The Morgan fingerprint density at radius 3 is 2.62 bits per heavy atom. The highest BCUT2D eigenvalue weighted by molar-refractivity contribution is 5.83. The number of carbonyl (C=O) groups is 1. The van der Waals surface area contributed by atoms with Gasteiger partial charge in [0.25, 0.3) is 0 Å². The fourth-order valence-corrected chi connectivity index (χ4v) is 1.89. The molecule has 0 aromatic heterocycles. The summed E-state index contributed by atoms with van der Waals surface area (Å²) in [6.07, 6.45) is 3.37. The normalized spacial score (nSPS) is 21.7. The molecule has 0 spiro atoms. The van der Waals surface area contributed by atoms with E-state index in [9.17, 15) is 4.79 Å². The number of carbonyl (C=O) groups excluding carboxylic acids is 1. The van der Waals surface area contributed by atoms with Crippen LogP contribution < -0.4 is 0 Å². The average molecular weight is 227 g/mol. The minimum absolute atomic E-state index is 0.204. The van der Waals surface area contributed by atoms with Gasteiger partial charge in [-0.05, 0) is 19.9 Å². The molecular formula is C13H25NO2. The first kappa shape index (κ1) is 13.7. The zero-order chi connectivity index (χ0) is 12.2. The van der Waals surface area contributed by atoms with E-state index in [0.717, 1.165) is 26.1 Å². The zero-order valence-electron chi connectivity index (χ0n) is 11.1. The molecule has 0 bridgehead atoms. The Kier molecular flexibility index (Phi) is 4.93. The van der Waals surface area contributed by atoms with Gasteiger partial charge in [-0.25, -0.2) is 0 Å². The van der Waals surface area contributed by atoms with Crippen molar-refractivity contribution in [3.8, 4) is 0 Å². The fraction of sp³-hybridized carbons (Fsp3) is 0.923. The molecule has 1 aliphatic rings. The molecule has 0 saturated carbocycles. The Morgan fingerprint density at radius 1 is 1.44 bits per heavy atom. The molecule has 1 aliphatic heterocycles. The van der Waals surface area contributed by atoms with Gasteiger partial charge in [0, 0.05) is 31.5 Å². The standard InChI is InChI=1S/C13H25NO2/c1-13(2,3)12(15)7-8-14(4)10-11-6-5-9-16-11/h11H,5-10H2,1-4H3. The lowest BCUT2D eigenvalue weighted by molar-refractivity contribution is -0.126. The summed E-state index contributed by atoms with van der Waals surface area (Å²) in [5, 5.41) is 0. The number of likely N-dealkylation sites (N-methyl/N-ethyl adjacent to an activating group) is 1. The second-order valence-electron chi connectivity index (χ2n) is 5.82. The molecule has 0 aliphatic carbocycles. The van der Waals surface area contributed by atoms with Crippen LogP contribution in [0, 0.1) is 5.41 Å². The van der Waals surface area contributed by atoms with Crippen LogP contribution in [0.3, 0.4) is 0 Å². The summed E-state index contributed by atoms with van der Waals surface area (Å²) in [5.74, 6) is 0.340. The Balaban J connectivity index is 2.19. The van der Waals surface area contributed by atoms with Gasteiger partial charge >= 0.3 is 0 Å². The van der Waals surface area contributed by atoms with Gasteiger partial charge in [-0.2, -0.15) is 0 Å². The van der Waals surface area contributed by atoms with Gasteiger partial charge in [0.15, 0.2) is 0 Å². The van der Waals surface area contributed by atoms with Crippen LogP contribution in [0.15, 0.2) is 0 Å². The summed E-state index contributed by atoms with van der Waals surface area (Å²) in [7, 11) is 2.07. The quantitative estimate of drug-likeness (QED) is 0.720. The SMILES string of the molecule is CN(CCC(=O)C(C)(C)C)CC1CCCO1. The van der Waals surface area contributed by atoms with Crippen molar-refractivity contribution in [1.29, 1.82) is 0 Å². The highest BCUT2D eigenvalue weighted by Crippen LogP contribution is 2.17. The van der Waals surface area contributed by atoms with E-state index in [-0.39, 0.29) is 5.41 Å². The highest BCUT2D eigenvalue weighted by Gasteiger charge is 2.22. The molecule has 94 valence electrons. The van der Waals surface area contributed by atoms with Crippen molar-refractivity contribution in [3.63, 3.8) is 0 Å². The molecule has 1 heterocycles. The third-order valence-corrected chi connectivity index (χ3v) is 3.10. The molecule has 1 atom stereocenters. The van der Waals surface area contributed by atoms with E-state index in [2.05, 4.69) is 11.9 Å². The van der Waals surface area contributed by atoms with Crippen LogP contribution in [0.1, 0.15) is 40.0 Å². The Hall–Kier alpha value is -0.410. The fourth-order valence-electron chi connectivity index (χ4n) is 1.89. The van der Waals surface area contributed by atoms with Crippen molar-refractivity contribution in [2.75, 3.05) is 26.7 Å². The maximum absolute atomic E-state index is 11.7. The molecule has 1 fully saturated rings. The van der Waals surface area contributed by atoms with Gasteiger partial charge in [-0.1, -0.05) is 20.8 Å². The minimum atomic E-state index is -0.204. The zero-order valence-corrected chi connectivity index (χ0v) is 11.1. The predicted molar refractivity (Wildman–Crippen MR) is 65.6 cm³/mol. The van der Waals surface area contributed by atoms with Crippen LogP contribution in [0.5, 0.6) is 0 Å². The summed E-state index contributed by atoms with van der Waals surface area (Å²) < 4.78 is 5.57. The van der Waals surface area contributed by atoms with Gasteiger partial charge in [0.1, 0.15) is 5.78 Å². The van der Waals surface area contributed by atoms with Crippen molar-refractivity contribution < 1.29 is 9.53 Å². The van der Waals surface area contributed by atoms with Crippen LogP contribution in [0.25, 0.3) is 0 Å². The second-order valence-corrected chi connectivity index (χ2v) is 5.82. The number of ether oxygens (including phenoxy) is 1. The number of nitrogens with zero attached hydrogens (tertiary/aromatic N) is 1. The van der Waals surface area contributed by atoms with Crippen molar-refractivity contribution in [1.82, 2.24) is 4.90 Å². The average Bonchev–Trinajstić information content (AvgIpc) is 2.65. The highest BCUT2D eigenvalue weighted by atomic mass is 16.5. The first-order chi connectivity index (χ1) is 7.39. The second kappa shape index (κ2) is 5.78. The van der Waals surface area contributed by atoms with Crippen LogP contribution in [0.2, 0.25) is 0 Å². The van der Waals surface area contributed by atoms with E-state index in [1.807, 2.05) is 20.8 Å². The minimum Gasteiger partial charge on any atom is -0.377 e. The van der Waals surface area contributed by atoms with Crippen molar-refractivity contribution >= 4 is 5.78 Å². The maximum Gasteiger partial charge on any atom is 0.139 e. The van der Waals surface area contributed by atoms with Crippen LogP contribution >= 0.6 is 0 Å². The van der Waals surface area contributed by atoms with E-state index >= 15 is 0 Å². The largest absolute Gasteiger partial charge is 0.377 e. The predicted octanol–water partition coefficient (Wildman–Crippen LogP) is 2.10. The molecule has 1 saturated heterocycles. The first-order valence-corrected chi connectivity index (χ1v) is 6.23. The van der Waals surface area contributed by atoms with Crippen LogP contribution in [-0.4, -0.2) is 43.5 Å². The summed E-state index contributed by atoms with van der Waals surface area (Å²) in [6.45, 7) is 8.65. The van der Waals surface area contributed by atoms with E-state index < -0.39 is 0 Å². The Labute approximate surface area is 99.1 Å². The number of ketones is 1. The molecule has 0 aromatic rings. The summed E-state index contributed by atoms with van der Waals surface area (Å²) in [5.41, 5.74) is -0.204. The molecule has 0 N–H and O–H groups in total. The summed E-state index contributed by atoms with van der Waals surface area (Å²) >= 11 is 0. The Morgan fingerprint density at radius 2 is 2.12 bits per heavy atom. The van der Waals surface area contributed by atoms with E-state index in [4.69, 9.17) is 4.74 Å². The van der Waals surface area contributed by atoms with E-state index in [0.29, 0.717) is 18.3 Å². The number of hydrogen-bond donors (Lipinski definition) is 0. The Bertz CT molecular complexity index is 227. The number of rotatable bonds is 5. The summed E-state index contributed by atoms with van der Waals surface area (Å²) in [4.78, 5) is 14.0. The lowest BCUT2D eigenvalue weighted by atomic mass is 9.89. The van der Waals surface area contributed by atoms with Crippen LogP contribution in [-0.2, 0) is 9.53 Å². The molecule has 0 amide bonds. The lowest BCUT2D eigenvalue weighted by Gasteiger charge is -2.22. The molecule has 1 rings (SSSR count). The van der Waals surface area contributed by atoms with Gasteiger partial charge in [0.2, 0.25) is 0 Å². The van der Waals surface area contributed by atoms with Crippen molar-refractivity contribution in [2.45, 2.75) is 46.1 Å². The smallest absolute Gasteiger partial charge is 0.139 e. The summed E-state index contributed by atoms with van der Waals surface area (Å²) in [6, 6.07) is 0. The monoisotopic (exact) mass is 227 g/mol. The third kappa shape index (κ3) is 4.62. The van der Waals surface area contributed by atoms with Gasteiger partial charge in [-0.15, -0.1) is 0 Å². The number of Topliss-reactive ketones (excluding diaryl/α,β-unsaturated/α-hetero) is 1. The molecule has 3 nitrogen and oxygen atoms in total. The van der Waals surface area contributed by atoms with Crippen molar-refractivity contribution in [3.05, 3.63) is 0 Å². The first-order valence-electron chi connectivity index (χ1n) is 6.23. The van der Waals surface area contributed by atoms with Gasteiger partial charge in [-0.3, -0.25) is 4.79 Å². The van der Waals surface area contributed by atoms with Crippen LogP contribution in [0.4, 0.5) is 0 Å². The molecule has 0 aromatic carbocycles. The van der Waals surface area contributed by atoms with Gasteiger partial charge in [0.05, 0.1) is 6.10 Å². The maximum atomic E-state index is 11.7. The van der Waals surface area contributed by atoms with E-state index in [1.165, 1.54) is 6.42 Å². The molecule has 3 heteroatoms. The molecule has 0 radical (unpaired) electrons. The van der Waals surface area contributed by atoms with Crippen molar-refractivity contribution in [2.24, 2.45) is 5.41 Å². The van der Waals surface area contributed by atoms with E-state index in [1.54, 1.807) is 0 Å². The molecular weight excluding hydrogens is 202 g/mol. The molecule has 16 heavy (non-hydrogen) atoms. The third-order valence-electron chi connectivity index (χ3n) is 3.10. The topological polar surface area (TPSA) is 29.5 Å². The lowest BCUT2D eigenvalue weighted by Crippen LogP contribution is -2.32.